The number of amides is 1. The van der Waals surface area contributed by atoms with E-state index in [1.165, 1.54) is 18.2 Å². The van der Waals surface area contributed by atoms with Crippen molar-refractivity contribution in [3.63, 3.8) is 0 Å². The zero-order valence-electron chi connectivity index (χ0n) is 11.1. The Bertz CT molecular complexity index is 513. The quantitative estimate of drug-likeness (QED) is 0.891. The average molecular weight is 298 g/mol. The summed E-state index contributed by atoms with van der Waals surface area (Å²) in [7, 11) is 0. The van der Waals surface area contributed by atoms with Gasteiger partial charge in [-0.2, -0.15) is 0 Å². The summed E-state index contributed by atoms with van der Waals surface area (Å²) in [5.74, 6) is -0.532. The van der Waals surface area contributed by atoms with Crippen LogP contribution in [0.25, 0.3) is 0 Å². The number of hydrogen-bond donors (Lipinski definition) is 1. The molecule has 1 aromatic rings. The summed E-state index contributed by atoms with van der Waals surface area (Å²) in [6.45, 7) is 5.54. The van der Waals surface area contributed by atoms with Crippen molar-refractivity contribution in [2.45, 2.75) is 6.04 Å². The monoisotopic (exact) mass is 297 g/mol. The molecule has 0 atom stereocenters. The molecule has 0 spiro atoms. The van der Waals surface area contributed by atoms with Crippen LogP contribution in [0.1, 0.15) is 10.4 Å². The molecule has 6 heteroatoms. The molecule has 0 aliphatic carbocycles. The molecule has 4 nitrogen and oxygen atoms in total. The summed E-state index contributed by atoms with van der Waals surface area (Å²) in [6, 6.07) is 4.35. The molecule has 1 amide bonds. The average Bonchev–Trinajstić information content (AvgIpc) is 2.38. The highest BCUT2D eigenvalue weighted by atomic mass is 35.5. The molecule has 20 heavy (non-hydrogen) atoms. The number of carbonyl (C=O) groups is 1. The van der Waals surface area contributed by atoms with Crippen molar-refractivity contribution >= 4 is 17.5 Å². The number of benzene rings is 1. The maximum atomic E-state index is 13.0. The number of nitrogens with zero attached hydrogens (tertiary/aromatic N) is 2. The van der Waals surface area contributed by atoms with Crippen molar-refractivity contribution in [2.24, 2.45) is 0 Å². The summed E-state index contributed by atoms with van der Waals surface area (Å²) in [6.07, 6.45) is 0. The van der Waals surface area contributed by atoms with Crippen LogP contribution in [-0.2, 0) is 0 Å². The Labute approximate surface area is 122 Å². The van der Waals surface area contributed by atoms with E-state index in [9.17, 15) is 9.18 Å². The van der Waals surface area contributed by atoms with Crippen molar-refractivity contribution in [2.75, 3.05) is 39.3 Å². The van der Waals surface area contributed by atoms with E-state index < -0.39 is 5.82 Å². The second-order valence-corrected chi connectivity index (χ2v) is 5.68. The van der Waals surface area contributed by atoms with Crippen molar-refractivity contribution < 1.29 is 9.18 Å². The van der Waals surface area contributed by atoms with Gasteiger partial charge in [-0.3, -0.25) is 9.69 Å². The van der Waals surface area contributed by atoms with Crippen molar-refractivity contribution in [3.05, 3.63) is 34.6 Å². The third-order valence-corrected chi connectivity index (χ3v) is 4.29. The second kappa shape index (κ2) is 5.68. The summed E-state index contributed by atoms with van der Waals surface area (Å²) >= 11 is 5.93. The van der Waals surface area contributed by atoms with Crippen LogP contribution in [0.2, 0.25) is 5.02 Å². The van der Waals surface area contributed by atoms with E-state index in [4.69, 9.17) is 11.6 Å². The Kier molecular flexibility index (Phi) is 3.92. The van der Waals surface area contributed by atoms with Gasteiger partial charge in [0.1, 0.15) is 5.82 Å². The fourth-order valence-electron chi connectivity index (χ4n) is 2.73. The summed E-state index contributed by atoms with van der Waals surface area (Å²) in [5, 5.41) is 3.50. The molecule has 0 saturated carbocycles. The number of carbonyl (C=O) groups excluding carboxylic acids is 1. The fourth-order valence-corrected chi connectivity index (χ4v) is 2.98. The Morgan fingerprint density at radius 1 is 1.30 bits per heavy atom. The third-order valence-electron chi connectivity index (χ3n) is 3.98. The minimum absolute atomic E-state index is 0.110. The van der Waals surface area contributed by atoms with Crippen LogP contribution < -0.4 is 5.32 Å². The molecule has 0 bridgehead atoms. The van der Waals surface area contributed by atoms with E-state index in [1.54, 1.807) is 4.90 Å². The van der Waals surface area contributed by atoms with E-state index in [1.807, 2.05) is 0 Å². The Hall–Kier alpha value is -1.17. The first-order valence-electron chi connectivity index (χ1n) is 6.84. The molecule has 2 aliphatic rings. The SMILES string of the molecule is O=C(c1ccc(F)cc1Cl)N1CC(N2CCNCC2)C1. The summed E-state index contributed by atoms with van der Waals surface area (Å²) in [4.78, 5) is 16.5. The standard InChI is InChI=1S/C14H17ClFN3O/c15-13-7-10(16)1-2-12(13)14(20)19-8-11(9-19)18-5-3-17-4-6-18/h1-2,7,11,17H,3-6,8-9H2. The van der Waals surface area contributed by atoms with E-state index in [2.05, 4.69) is 10.2 Å². The highest BCUT2D eigenvalue weighted by Crippen LogP contribution is 2.23. The van der Waals surface area contributed by atoms with E-state index >= 15 is 0 Å². The lowest BCUT2D eigenvalue weighted by atomic mass is 10.0. The Morgan fingerprint density at radius 3 is 2.65 bits per heavy atom. The first-order valence-corrected chi connectivity index (χ1v) is 7.22. The van der Waals surface area contributed by atoms with Crippen LogP contribution in [0.3, 0.4) is 0 Å². The van der Waals surface area contributed by atoms with Crippen LogP contribution in [0.4, 0.5) is 4.39 Å². The van der Waals surface area contributed by atoms with Gasteiger partial charge in [0.05, 0.1) is 10.6 Å². The van der Waals surface area contributed by atoms with E-state index in [0.29, 0.717) is 11.6 Å². The predicted octanol–water partition coefficient (Wildman–Crippen LogP) is 1.21. The van der Waals surface area contributed by atoms with Crippen LogP contribution in [0, 0.1) is 5.82 Å². The number of hydrogen-bond acceptors (Lipinski definition) is 3. The molecule has 3 rings (SSSR count). The largest absolute Gasteiger partial charge is 0.335 e. The number of rotatable bonds is 2. The van der Waals surface area contributed by atoms with Crippen LogP contribution >= 0.6 is 11.6 Å². The van der Waals surface area contributed by atoms with Crippen LogP contribution in [0.5, 0.6) is 0 Å². The van der Waals surface area contributed by atoms with Gasteiger partial charge in [-0.25, -0.2) is 4.39 Å². The maximum absolute atomic E-state index is 13.0. The zero-order valence-corrected chi connectivity index (χ0v) is 11.9. The molecule has 2 heterocycles. The molecular formula is C14H17ClFN3O. The normalized spacial score (nSPS) is 20.8. The molecule has 0 unspecified atom stereocenters. The highest BCUT2D eigenvalue weighted by molar-refractivity contribution is 6.33. The van der Waals surface area contributed by atoms with Gasteiger partial charge in [0, 0.05) is 45.3 Å². The minimum atomic E-state index is -0.422. The van der Waals surface area contributed by atoms with Gasteiger partial charge in [-0.15, -0.1) is 0 Å². The van der Waals surface area contributed by atoms with Crippen LogP contribution in [-0.4, -0.2) is 61.0 Å². The molecule has 2 fully saturated rings. The first-order chi connectivity index (χ1) is 9.65. The molecule has 0 radical (unpaired) electrons. The number of nitrogens with one attached hydrogen (secondary N) is 1. The summed E-state index contributed by atoms with van der Waals surface area (Å²) in [5.41, 5.74) is 0.381. The highest BCUT2D eigenvalue weighted by Gasteiger charge is 2.35. The van der Waals surface area contributed by atoms with Gasteiger partial charge in [0.25, 0.3) is 5.91 Å². The van der Waals surface area contributed by atoms with E-state index in [0.717, 1.165) is 39.3 Å². The lowest BCUT2D eigenvalue weighted by Gasteiger charge is -2.46. The fraction of sp³-hybridized carbons (Fsp3) is 0.500. The number of likely N-dealkylation sites (tertiary alicyclic amines) is 1. The molecular weight excluding hydrogens is 281 g/mol. The Morgan fingerprint density at radius 2 is 2.00 bits per heavy atom. The summed E-state index contributed by atoms with van der Waals surface area (Å²) < 4.78 is 13.0. The second-order valence-electron chi connectivity index (χ2n) is 5.27. The maximum Gasteiger partial charge on any atom is 0.255 e. The van der Waals surface area contributed by atoms with Crippen LogP contribution in [0.15, 0.2) is 18.2 Å². The topological polar surface area (TPSA) is 35.6 Å². The number of halogens is 2. The van der Waals surface area contributed by atoms with E-state index in [-0.39, 0.29) is 10.9 Å². The lowest BCUT2D eigenvalue weighted by molar-refractivity contribution is 0.0227. The van der Waals surface area contributed by atoms with Gasteiger partial charge < -0.3 is 10.2 Å². The Balaban J connectivity index is 1.60. The molecule has 1 aromatic carbocycles. The van der Waals surface area contributed by atoms with Gasteiger partial charge in [0.15, 0.2) is 0 Å². The number of piperazine rings is 1. The van der Waals surface area contributed by atoms with Gasteiger partial charge in [-0.05, 0) is 18.2 Å². The molecule has 1 N–H and O–H groups in total. The van der Waals surface area contributed by atoms with Gasteiger partial charge in [0.2, 0.25) is 0 Å². The van der Waals surface area contributed by atoms with Gasteiger partial charge >= 0.3 is 0 Å². The van der Waals surface area contributed by atoms with Crippen molar-refractivity contribution in [3.8, 4) is 0 Å². The molecule has 0 aromatic heterocycles. The lowest BCUT2D eigenvalue weighted by Crippen LogP contribution is -2.63. The van der Waals surface area contributed by atoms with Crippen molar-refractivity contribution in [1.82, 2.24) is 15.1 Å². The molecule has 2 aliphatic heterocycles. The molecule has 108 valence electrons. The minimum Gasteiger partial charge on any atom is -0.335 e. The third kappa shape index (κ3) is 2.66. The van der Waals surface area contributed by atoms with Gasteiger partial charge in [-0.1, -0.05) is 11.6 Å². The van der Waals surface area contributed by atoms with Crippen molar-refractivity contribution in [1.29, 1.82) is 0 Å². The molecule has 2 saturated heterocycles. The zero-order chi connectivity index (χ0) is 14.1. The smallest absolute Gasteiger partial charge is 0.255 e. The first kappa shape index (κ1) is 13.8. The predicted molar refractivity (Wildman–Crippen MR) is 75.5 cm³/mol.